The van der Waals surface area contributed by atoms with Crippen molar-refractivity contribution in [3.8, 4) is 5.75 Å². The summed E-state index contributed by atoms with van der Waals surface area (Å²) in [5.74, 6) is 0.268. The summed E-state index contributed by atoms with van der Waals surface area (Å²) in [6.45, 7) is 5.08. The molecule has 7 heteroatoms. The van der Waals surface area contributed by atoms with Crippen molar-refractivity contribution in [3.05, 3.63) is 102 Å². The molecule has 4 rings (SSSR count). The molecule has 1 heterocycles. The van der Waals surface area contributed by atoms with Crippen LogP contribution < -0.4 is 10.2 Å². The smallest absolute Gasteiger partial charge is 0.321 e. The van der Waals surface area contributed by atoms with E-state index in [1.807, 2.05) is 98.8 Å². The van der Waals surface area contributed by atoms with Crippen molar-refractivity contribution in [3.63, 3.8) is 0 Å². The Labute approximate surface area is 212 Å². The maximum atomic E-state index is 13.8. The molecule has 0 aromatic heterocycles. The van der Waals surface area contributed by atoms with Crippen LogP contribution in [-0.4, -0.2) is 41.4 Å². The predicted molar refractivity (Wildman–Crippen MR) is 138 cm³/mol. The Bertz CT molecular complexity index is 1140. The minimum absolute atomic E-state index is 0.133. The van der Waals surface area contributed by atoms with Crippen molar-refractivity contribution in [1.82, 2.24) is 15.3 Å². The molecule has 3 aromatic carbocycles. The van der Waals surface area contributed by atoms with Crippen molar-refractivity contribution < 1.29 is 19.2 Å². The summed E-state index contributed by atoms with van der Waals surface area (Å²) in [5.41, 5.74) is 5.53. The second-order valence-electron chi connectivity index (χ2n) is 9.27. The fraction of sp³-hybridized carbons (Fsp3) is 0.310. The number of urea groups is 1. The predicted octanol–water partition coefficient (Wildman–Crippen LogP) is 4.95. The van der Waals surface area contributed by atoms with Crippen molar-refractivity contribution in [2.24, 2.45) is 5.92 Å². The van der Waals surface area contributed by atoms with Crippen LogP contribution in [0.3, 0.4) is 0 Å². The Kier molecular flexibility index (Phi) is 8.23. The summed E-state index contributed by atoms with van der Waals surface area (Å²) in [5, 5.41) is 0. The first kappa shape index (κ1) is 25.3. The van der Waals surface area contributed by atoms with Crippen LogP contribution in [0.1, 0.15) is 36.6 Å². The number of nitrogens with one attached hydrogen (secondary N) is 1. The number of hydrogen-bond acceptors (Lipinski definition) is 4. The first-order valence-electron chi connectivity index (χ1n) is 12.2. The number of methoxy groups -OCH3 is 1. The zero-order valence-electron chi connectivity index (χ0n) is 21.0. The molecule has 3 amide bonds. The van der Waals surface area contributed by atoms with E-state index >= 15 is 0 Å². The SMILES string of the molecule is COc1ccc(C2CN(Cc3ccccc3)C(=O)N2C(C(=O)NOCc2ccccc2)C(C)C)cc1. The van der Waals surface area contributed by atoms with E-state index in [1.165, 1.54) is 0 Å². The molecule has 2 atom stereocenters. The van der Waals surface area contributed by atoms with Gasteiger partial charge >= 0.3 is 6.03 Å². The Morgan fingerprint density at radius 1 is 0.944 bits per heavy atom. The minimum atomic E-state index is -0.707. The highest BCUT2D eigenvalue weighted by Gasteiger charge is 2.45. The van der Waals surface area contributed by atoms with Gasteiger partial charge < -0.3 is 14.5 Å². The van der Waals surface area contributed by atoms with Crippen LogP contribution >= 0.6 is 0 Å². The van der Waals surface area contributed by atoms with Gasteiger partial charge in [0.2, 0.25) is 0 Å². The van der Waals surface area contributed by atoms with E-state index in [1.54, 1.807) is 16.9 Å². The van der Waals surface area contributed by atoms with Crippen LogP contribution in [0.2, 0.25) is 0 Å². The molecular weight excluding hydrogens is 454 g/mol. The summed E-state index contributed by atoms with van der Waals surface area (Å²) < 4.78 is 5.31. The van der Waals surface area contributed by atoms with Crippen LogP contribution in [0.5, 0.6) is 5.75 Å². The van der Waals surface area contributed by atoms with Gasteiger partial charge in [0.15, 0.2) is 0 Å². The maximum Gasteiger partial charge on any atom is 0.321 e. The molecule has 1 aliphatic rings. The molecule has 0 radical (unpaired) electrons. The quantitative estimate of drug-likeness (QED) is 0.411. The van der Waals surface area contributed by atoms with Gasteiger partial charge in [0.25, 0.3) is 5.91 Å². The van der Waals surface area contributed by atoms with Gasteiger partial charge in [0.05, 0.1) is 19.8 Å². The third-order valence-corrected chi connectivity index (χ3v) is 6.39. The third kappa shape index (κ3) is 5.86. The fourth-order valence-corrected chi connectivity index (χ4v) is 4.59. The van der Waals surface area contributed by atoms with Crippen LogP contribution in [0.4, 0.5) is 4.79 Å². The van der Waals surface area contributed by atoms with Gasteiger partial charge in [-0.2, -0.15) is 0 Å². The maximum absolute atomic E-state index is 13.8. The zero-order chi connectivity index (χ0) is 25.5. The second-order valence-corrected chi connectivity index (χ2v) is 9.27. The number of benzene rings is 3. The molecule has 1 saturated heterocycles. The Morgan fingerprint density at radius 3 is 2.14 bits per heavy atom. The number of rotatable bonds is 10. The number of hydroxylamine groups is 1. The lowest BCUT2D eigenvalue weighted by Gasteiger charge is -2.33. The highest BCUT2D eigenvalue weighted by atomic mass is 16.6. The molecule has 188 valence electrons. The Hall–Kier alpha value is -3.84. The average Bonchev–Trinajstić information content (AvgIpc) is 3.20. The van der Waals surface area contributed by atoms with E-state index in [9.17, 15) is 9.59 Å². The van der Waals surface area contributed by atoms with Crippen LogP contribution in [0.15, 0.2) is 84.9 Å². The number of carbonyl (C=O) groups excluding carboxylic acids is 2. The van der Waals surface area contributed by atoms with Gasteiger partial charge in [0.1, 0.15) is 11.8 Å². The Balaban J connectivity index is 1.57. The second kappa shape index (κ2) is 11.7. The van der Waals surface area contributed by atoms with E-state index in [0.717, 1.165) is 22.4 Å². The highest BCUT2D eigenvalue weighted by molar-refractivity contribution is 5.88. The molecular formula is C29H33N3O4. The molecule has 0 saturated carbocycles. The molecule has 0 bridgehead atoms. The number of hydrogen-bond donors (Lipinski definition) is 1. The number of carbonyl (C=O) groups is 2. The number of nitrogens with zero attached hydrogens (tertiary/aromatic N) is 2. The molecule has 2 unspecified atom stereocenters. The first-order valence-corrected chi connectivity index (χ1v) is 12.2. The molecule has 1 fully saturated rings. The molecule has 7 nitrogen and oxygen atoms in total. The van der Waals surface area contributed by atoms with E-state index in [2.05, 4.69) is 5.48 Å². The Morgan fingerprint density at radius 2 is 1.56 bits per heavy atom. The highest BCUT2D eigenvalue weighted by Crippen LogP contribution is 2.35. The van der Waals surface area contributed by atoms with Gasteiger partial charge in [-0.25, -0.2) is 10.3 Å². The van der Waals surface area contributed by atoms with Crippen molar-refractivity contribution in [2.75, 3.05) is 13.7 Å². The van der Waals surface area contributed by atoms with Gasteiger partial charge in [-0.3, -0.25) is 9.63 Å². The molecule has 1 aliphatic heterocycles. The van der Waals surface area contributed by atoms with Crippen LogP contribution in [0, 0.1) is 5.92 Å². The summed E-state index contributed by atoms with van der Waals surface area (Å²) in [6, 6.07) is 26.0. The lowest BCUT2D eigenvalue weighted by Crippen LogP contribution is -2.52. The van der Waals surface area contributed by atoms with E-state index < -0.39 is 6.04 Å². The van der Waals surface area contributed by atoms with Gasteiger partial charge in [-0.1, -0.05) is 86.6 Å². The van der Waals surface area contributed by atoms with E-state index in [0.29, 0.717) is 13.1 Å². The number of amides is 3. The largest absolute Gasteiger partial charge is 0.497 e. The first-order chi connectivity index (χ1) is 17.5. The molecule has 36 heavy (non-hydrogen) atoms. The molecule has 0 spiro atoms. The lowest BCUT2D eigenvalue weighted by atomic mass is 9.98. The van der Waals surface area contributed by atoms with Crippen LogP contribution in [0.25, 0.3) is 0 Å². The van der Waals surface area contributed by atoms with Crippen molar-refractivity contribution in [1.29, 1.82) is 0 Å². The summed E-state index contributed by atoms with van der Waals surface area (Å²) >= 11 is 0. The van der Waals surface area contributed by atoms with Gasteiger partial charge in [-0.15, -0.1) is 0 Å². The third-order valence-electron chi connectivity index (χ3n) is 6.39. The van der Waals surface area contributed by atoms with Crippen LogP contribution in [-0.2, 0) is 22.8 Å². The monoisotopic (exact) mass is 487 g/mol. The minimum Gasteiger partial charge on any atom is -0.497 e. The van der Waals surface area contributed by atoms with E-state index in [-0.39, 0.29) is 30.5 Å². The standard InChI is InChI=1S/C29H33N3O4/c1-21(2)27(28(33)30-36-20-23-12-8-5-9-13-23)32-26(24-14-16-25(35-3)17-15-24)19-31(29(32)34)18-22-10-6-4-7-11-22/h4-17,21,26-27H,18-20H2,1-3H3,(H,30,33). The van der Waals surface area contributed by atoms with Crippen molar-refractivity contribution >= 4 is 11.9 Å². The summed E-state index contributed by atoms with van der Waals surface area (Å²) in [7, 11) is 1.62. The average molecular weight is 488 g/mol. The fourth-order valence-electron chi connectivity index (χ4n) is 4.59. The number of ether oxygens (including phenoxy) is 1. The molecule has 1 N–H and O–H groups in total. The van der Waals surface area contributed by atoms with Crippen molar-refractivity contribution in [2.45, 2.75) is 39.1 Å². The van der Waals surface area contributed by atoms with Gasteiger partial charge in [0, 0.05) is 13.1 Å². The summed E-state index contributed by atoms with van der Waals surface area (Å²) in [4.78, 5) is 36.2. The lowest BCUT2D eigenvalue weighted by molar-refractivity contribution is -0.141. The normalized spacial score (nSPS) is 16.3. The van der Waals surface area contributed by atoms with E-state index in [4.69, 9.17) is 9.57 Å². The zero-order valence-corrected chi connectivity index (χ0v) is 21.0. The topological polar surface area (TPSA) is 71.1 Å². The summed E-state index contributed by atoms with van der Waals surface area (Å²) in [6.07, 6.45) is 0. The van der Waals surface area contributed by atoms with Gasteiger partial charge in [-0.05, 0) is 34.7 Å². The molecule has 0 aliphatic carbocycles. The molecule has 3 aromatic rings.